The van der Waals surface area contributed by atoms with Crippen molar-refractivity contribution in [3.8, 4) is 0 Å². The van der Waals surface area contributed by atoms with Crippen LogP contribution in [0.4, 0.5) is 0 Å². The fourth-order valence-electron chi connectivity index (χ4n) is 1.96. The van der Waals surface area contributed by atoms with Crippen LogP contribution in [-0.4, -0.2) is 17.9 Å². The lowest BCUT2D eigenvalue weighted by Crippen LogP contribution is -2.26. The number of carbonyl (C=O) groups excluding carboxylic acids is 1. The van der Waals surface area contributed by atoms with Crippen LogP contribution in [-0.2, 0) is 12.4 Å². The maximum Gasteiger partial charge on any atom is 0.253 e. The van der Waals surface area contributed by atoms with Crippen molar-refractivity contribution < 1.29 is 4.79 Å². The van der Waals surface area contributed by atoms with Crippen LogP contribution in [0.5, 0.6) is 0 Å². The summed E-state index contributed by atoms with van der Waals surface area (Å²) in [4.78, 5) is 14.0. The van der Waals surface area contributed by atoms with Crippen LogP contribution < -0.4 is 0 Å². The summed E-state index contributed by atoms with van der Waals surface area (Å²) in [5.74, 6) is 0.354. The summed E-state index contributed by atoms with van der Waals surface area (Å²) in [6.45, 7) is 0.476. The van der Waals surface area contributed by atoms with Crippen LogP contribution in [0, 0.1) is 0 Å². The molecule has 0 aliphatic rings. The molecule has 0 radical (unpaired) electrons. The van der Waals surface area contributed by atoms with E-state index in [0.717, 1.165) is 11.1 Å². The SMILES string of the molecule is CN(Cc1ccccc1Cl)C(=O)c1cccc(CCl)c1. The lowest BCUT2D eigenvalue weighted by Gasteiger charge is -2.18. The minimum absolute atomic E-state index is 0.0445. The molecule has 0 spiro atoms. The second-order valence-electron chi connectivity index (χ2n) is 4.59. The van der Waals surface area contributed by atoms with Crippen molar-refractivity contribution in [1.82, 2.24) is 4.90 Å². The van der Waals surface area contributed by atoms with Crippen molar-refractivity contribution in [3.05, 3.63) is 70.2 Å². The van der Waals surface area contributed by atoms with Gasteiger partial charge in [0.25, 0.3) is 5.91 Å². The third kappa shape index (κ3) is 3.53. The number of carbonyl (C=O) groups is 1. The lowest BCUT2D eigenvalue weighted by atomic mass is 10.1. The van der Waals surface area contributed by atoms with Crippen molar-refractivity contribution in [1.29, 1.82) is 0 Å². The van der Waals surface area contributed by atoms with Crippen molar-refractivity contribution in [2.45, 2.75) is 12.4 Å². The molecular formula is C16H15Cl2NO. The van der Waals surface area contributed by atoms with Gasteiger partial charge in [-0.1, -0.05) is 41.9 Å². The van der Waals surface area contributed by atoms with Crippen molar-refractivity contribution >= 4 is 29.1 Å². The van der Waals surface area contributed by atoms with E-state index in [1.165, 1.54) is 0 Å². The van der Waals surface area contributed by atoms with Crippen LogP contribution >= 0.6 is 23.2 Å². The van der Waals surface area contributed by atoms with Gasteiger partial charge < -0.3 is 4.90 Å². The van der Waals surface area contributed by atoms with E-state index in [1.807, 2.05) is 42.5 Å². The van der Waals surface area contributed by atoms with Gasteiger partial charge in [-0.05, 0) is 29.3 Å². The highest BCUT2D eigenvalue weighted by Crippen LogP contribution is 2.18. The Kier molecular flexibility index (Phi) is 5.05. The fraction of sp³-hybridized carbons (Fsp3) is 0.188. The molecule has 0 unspecified atom stereocenters. The number of hydrogen-bond donors (Lipinski definition) is 0. The molecule has 2 rings (SSSR count). The molecule has 0 N–H and O–H groups in total. The molecule has 4 heteroatoms. The number of alkyl halides is 1. The van der Waals surface area contributed by atoms with Crippen LogP contribution in [0.3, 0.4) is 0 Å². The quantitative estimate of drug-likeness (QED) is 0.769. The minimum atomic E-state index is -0.0445. The zero-order valence-corrected chi connectivity index (χ0v) is 12.7. The average Bonchev–Trinajstić information content (AvgIpc) is 2.48. The van der Waals surface area contributed by atoms with E-state index in [0.29, 0.717) is 23.0 Å². The zero-order valence-electron chi connectivity index (χ0n) is 11.1. The molecule has 2 aromatic carbocycles. The first-order valence-electron chi connectivity index (χ1n) is 6.25. The van der Waals surface area contributed by atoms with Gasteiger partial charge in [0.1, 0.15) is 0 Å². The fourth-order valence-corrected chi connectivity index (χ4v) is 2.32. The number of rotatable bonds is 4. The second-order valence-corrected chi connectivity index (χ2v) is 5.26. The van der Waals surface area contributed by atoms with Crippen LogP contribution in [0.25, 0.3) is 0 Å². The highest BCUT2D eigenvalue weighted by atomic mass is 35.5. The Morgan fingerprint density at radius 2 is 1.90 bits per heavy atom. The molecule has 104 valence electrons. The first kappa shape index (κ1) is 14.9. The van der Waals surface area contributed by atoms with Crippen molar-refractivity contribution in [2.24, 2.45) is 0 Å². The third-order valence-electron chi connectivity index (χ3n) is 3.04. The first-order valence-corrected chi connectivity index (χ1v) is 7.17. The first-order chi connectivity index (χ1) is 9.61. The molecular weight excluding hydrogens is 293 g/mol. The van der Waals surface area contributed by atoms with E-state index in [2.05, 4.69) is 0 Å². The van der Waals surface area contributed by atoms with Crippen molar-refractivity contribution in [2.75, 3.05) is 7.05 Å². The highest BCUT2D eigenvalue weighted by molar-refractivity contribution is 6.31. The molecule has 0 fully saturated rings. The Hall–Kier alpha value is -1.51. The smallest absolute Gasteiger partial charge is 0.253 e. The normalized spacial score (nSPS) is 10.3. The Bertz CT molecular complexity index is 613. The van der Waals surface area contributed by atoms with Gasteiger partial charge in [0.2, 0.25) is 0 Å². The van der Waals surface area contributed by atoms with E-state index in [-0.39, 0.29) is 5.91 Å². The molecule has 2 aromatic rings. The molecule has 20 heavy (non-hydrogen) atoms. The predicted molar refractivity (Wildman–Crippen MR) is 83.2 cm³/mol. The largest absolute Gasteiger partial charge is 0.337 e. The molecule has 0 atom stereocenters. The molecule has 0 saturated carbocycles. The molecule has 1 amide bonds. The topological polar surface area (TPSA) is 20.3 Å². The summed E-state index contributed by atoms with van der Waals surface area (Å²) in [6, 6.07) is 14.9. The number of benzene rings is 2. The minimum Gasteiger partial charge on any atom is -0.337 e. The molecule has 0 saturated heterocycles. The Labute approximate surface area is 128 Å². The molecule has 0 aromatic heterocycles. The average molecular weight is 308 g/mol. The molecule has 2 nitrogen and oxygen atoms in total. The molecule has 0 aliphatic carbocycles. The predicted octanol–water partition coefficient (Wildman–Crippen LogP) is 4.35. The maximum atomic E-state index is 12.4. The summed E-state index contributed by atoms with van der Waals surface area (Å²) < 4.78 is 0. The van der Waals surface area contributed by atoms with Gasteiger partial charge in [-0.2, -0.15) is 0 Å². The van der Waals surface area contributed by atoms with Gasteiger partial charge in [0.05, 0.1) is 0 Å². The second kappa shape index (κ2) is 6.78. The summed E-state index contributed by atoms with van der Waals surface area (Å²) in [7, 11) is 1.76. The molecule has 0 aliphatic heterocycles. The number of nitrogens with zero attached hydrogens (tertiary/aromatic N) is 1. The standard InChI is InChI=1S/C16H15Cl2NO/c1-19(11-14-6-2-3-8-15(14)18)16(20)13-7-4-5-12(9-13)10-17/h2-9H,10-11H2,1H3. The zero-order chi connectivity index (χ0) is 14.5. The van der Waals surface area contributed by atoms with Gasteiger partial charge in [-0.15, -0.1) is 11.6 Å². The number of amides is 1. The van der Waals surface area contributed by atoms with Crippen LogP contribution in [0.1, 0.15) is 21.5 Å². The Morgan fingerprint density at radius 1 is 1.15 bits per heavy atom. The summed E-state index contributed by atoms with van der Waals surface area (Å²) >= 11 is 11.9. The van der Waals surface area contributed by atoms with E-state index in [4.69, 9.17) is 23.2 Å². The van der Waals surface area contributed by atoms with Gasteiger partial charge >= 0.3 is 0 Å². The van der Waals surface area contributed by atoms with E-state index in [9.17, 15) is 4.79 Å². The summed E-state index contributed by atoms with van der Waals surface area (Å²) in [6.07, 6.45) is 0. The Morgan fingerprint density at radius 3 is 2.60 bits per heavy atom. The van der Waals surface area contributed by atoms with E-state index in [1.54, 1.807) is 18.0 Å². The van der Waals surface area contributed by atoms with Gasteiger partial charge in [0.15, 0.2) is 0 Å². The van der Waals surface area contributed by atoms with Crippen LogP contribution in [0.2, 0.25) is 5.02 Å². The highest BCUT2D eigenvalue weighted by Gasteiger charge is 2.13. The molecule has 0 bridgehead atoms. The lowest BCUT2D eigenvalue weighted by molar-refractivity contribution is 0.0785. The number of halogens is 2. The van der Waals surface area contributed by atoms with E-state index < -0.39 is 0 Å². The summed E-state index contributed by atoms with van der Waals surface area (Å²) in [5.41, 5.74) is 2.50. The maximum absolute atomic E-state index is 12.4. The van der Waals surface area contributed by atoms with Gasteiger partial charge in [-0.25, -0.2) is 0 Å². The molecule has 0 heterocycles. The van der Waals surface area contributed by atoms with E-state index >= 15 is 0 Å². The third-order valence-corrected chi connectivity index (χ3v) is 3.72. The van der Waals surface area contributed by atoms with Crippen LogP contribution in [0.15, 0.2) is 48.5 Å². The Balaban J connectivity index is 2.14. The number of hydrogen-bond acceptors (Lipinski definition) is 1. The van der Waals surface area contributed by atoms with Gasteiger partial charge in [0, 0.05) is 30.1 Å². The van der Waals surface area contributed by atoms with Crippen molar-refractivity contribution in [3.63, 3.8) is 0 Å². The monoisotopic (exact) mass is 307 g/mol. The summed E-state index contributed by atoms with van der Waals surface area (Å²) in [5, 5.41) is 0.668. The van der Waals surface area contributed by atoms with Gasteiger partial charge in [-0.3, -0.25) is 4.79 Å².